The Balaban J connectivity index is 1.74. The number of unbranched alkanes of at least 4 members (excludes halogenated alkanes) is 1. The van der Waals surface area contributed by atoms with Gasteiger partial charge in [-0.2, -0.15) is 0 Å². The number of hydrogen-bond donors (Lipinski definition) is 1. The number of aryl methyl sites for hydroxylation is 1. The van der Waals surface area contributed by atoms with Crippen LogP contribution in [0.15, 0.2) is 18.2 Å². The predicted octanol–water partition coefficient (Wildman–Crippen LogP) is 2.83. The molecule has 1 aromatic rings. The van der Waals surface area contributed by atoms with Gasteiger partial charge >= 0.3 is 0 Å². The summed E-state index contributed by atoms with van der Waals surface area (Å²) in [6, 6.07) is 6.44. The van der Waals surface area contributed by atoms with Crippen LogP contribution in [0.4, 0.5) is 0 Å². The fourth-order valence-corrected chi connectivity index (χ4v) is 2.28. The van der Waals surface area contributed by atoms with E-state index in [1.54, 1.807) is 0 Å². The molecule has 1 aromatic carbocycles. The molecule has 100 valence electrons. The summed E-state index contributed by atoms with van der Waals surface area (Å²) >= 11 is 0. The van der Waals surface area contributed by atoms with Crippen molar-refractivity contribution in [2.45, 2.75) is 38.6 Å². The minimum Gasteiger partial charge on any atom is -0.491 e. The van der Waals surface area contributed by atoms with Crippen LogP contribution in [-0.2, 0) is 11.2 Å². The van der Waals surface area contributed by atoms with Gasteiger partial charge in [-0.3, -0.25) is 0 Å². The highest BCUT2D eigenvalue weighted by molar-refractivity contribution is 5.40. The summed E-state index contributed by atoms with van der Waals surface area (Å²) in [6.07, 6.45) is 4.42. The van der Waals surface area contributed by atoms with E-state index in [1.165, 1.54) is 17.5 Å². The molecule has 1 aliphatic carbocycles. The van der Waals surface area contributed by atoms with Crippen molar-refractivity contribution in [3.05, 3.63) is 29.3 Å². The Morgan fingerprint density at radius 2 is 2.17 bits per heavy atom. The second-order valence-electron chi connectivity index (χ2n) is 4.82. The van der Waals surface area contributed by atoms with Crippen LogP contribution in [0.3, 0.4) is 0 Å². The van der Waals surface area contributed by atoms with Gasteiger partial charge in [-0.05, 0) is 42.5 Å². The van der Waals surface area contributed by atoms with Crippen LogP contribution < -0.4 is 10.5 Å². The fraction of sp³-hybridized carbons (Fsp3) is 0.600. The van der Waals surface area contributed by atoms with Crippen LogP contribution in [0.2, 0.25) is 0 Å². The maximum Gasteiger partial charge on any atom is 0.119 e. The van der Waals surface area contributed by atoms with Crippen molar-refractivity contribution in [2.75, 3.05) is 19.8 Å². The van der Waals surface area contributed by atoms with E-state index in [0.29, 0.717) is 13.2 Å². The minimum atomic E-state index is 0.214. The molecule has 0 amide bonds. The Bertz CT molecular complexity index is 379. The number of rotatable bonds is 7. The Hall–Kier alpha value is -1.06. The SMILES string of the molecule is CCCCOCCOc1ccc2c(c1)CC[C@@H]2N. The summed E-state index contributed by atoms with van der Waals surface area (Å²) in [4.78, 5) is 0. The van der Waals surface area contributed by atoms with Gasteiger partial charge in [-0.1, -0.05) is 19.4 Å². The first-order chi connectivity index (χ1) is 8.81. The average molecular weight is 249 g/mol. The predicted molar refractivity (Wildman–Crippen MR) is 72.9 cm³/mol. The third-order valence-corrected chi connectivity index (χ3v) is 3.38. The quantitative estimate of drug-likeness (QED) is 0.756. The smallest absolute Gasteiger partial charge is 0.119 e. The second kappa shape index (κ2) is 6.76. The van der Waals surface area contributed by atoms with E-state index in [2.05, 4.69) is 19.1 Å². The molecular weight excluding hydrogens is 226 g/mol. The molecule has 0 aliphatic heterocycles. The van der Waals surface area contributed by atoms with Gasteiger partial charge in [0.1, 0.15) is 12.4 Å². The van der Waals surface area contributed by atoms with Crippen LogP contribution >= 0.6 is 0 Å². The van der Waals surface area contributed by atoms with Crippen molar-refractivity contribution in [3.63, 3.8) is 0 Å². The molecule has 2 N–H and O–H groups in total. The number of hydrogen-bond acceptors (Lipinski definition) is 3. The first-order valence-corrected chi connectivity index (χ1v) is 6.90. The summed E-state index contributed by atoms with van der Waals surface area (Å²) in [5, 5.41) is 0. The molecule has 0 saturated carbocycles. The molecule has 0 spiro atoms. The topological polar surface area (TPSA) is 44.5 Å². The van der Waals surface area contributed by atoms with Crippen molar-refractivity contribution in [2.24, 2.45) is 5.73 Å². The summed E-state index contributed by atoms with van der Waals surface area (Å²) in [5.74, 6) is 0.932. The van der Waals surface area contributed by atoms with Crippen LogP contribution in [-0.4, -0.2) is 19.8 Å². The molecular formula is C15H23NO2. The van der Waals surface area contributed by atoms with E-state index >= 15 is 0 Å². The van der Waals surface area contributed by atoms with Crippen LogP contribution in [0.1, 0.15) is 43.4 Å². The first kappa shape index (κ1) is 13.4. The third-order valence-electron chi connectivity index (χ3n) is 3.38. The molecule has 0 fully saturated rings. The fourth-order valence-electron chi connectivity index (χ4n) is 2.28. The van der Waals surface area contributed by atoms with Gasteiger partial charge < -0.3 is 15.2 Å². The molecule has 0 radical (unpaired) electrons. The lowest BCUT2D eigenvalue weighted by Crippen LogP contribution is -2.08. The van der Waals surface area contributed by atoms with E-state index in [9.17, 15) is 0 Å². The van der Waals surface area contributed by atoms with Gasteiger partial charge in [0.15, 0.2) is 0 Å². The standard InChI is InChI=1S/C15H23NO2/c1-2-3-8-17-9-10-18-13-5-6-14-12(11-13)4-7-15(14)16/h5-6,11,15H,2-4,7-10,16H2,1H3/t15-/m0/s1. The highest BCUT2D eigenvalue weighted by atomic mass is 16.5. The molecule has 0 heterocycles. The van der Waals surface area contributed by atoms with Gasteiger partial charge in [0.05, 0.1) is 6.61 Å². The van der Waals surface area contributed by atoms with Crippen molar-refractivity contribution < 1.29 is 9.47 Å². The van der Waals surface area contributed by atoms with Crippen LogP contribution in [0.5, 0.6) is 5.75 Å². The lowest BCUT2D eigenvalue weighted by Gasteiger charge is -2.09. The largest absolute Gasteiger partial charge is 0.491 e. The zero-order valence-corrected chi connectivity index (χ0v) is 11.2. The maximum absolute atomic E-state index is 6.00. The van der Waals surface area contributed by atoms with Crippen molar-refractivity contribution >= 4 is 0 Å². The number of benzene rings is 1. The molecule has 0 saturated heterocycles. The molecule has 3 nitrogen and oxygen atoms in total. The molecule has 3 heteroatoms. The van der Waals surface area contributed by atoms with Gasteiger partial charge in [-0.15, -0.1) is 0 Å². The summed E-state index contributed by atoms with van der Waals surface area (Å²) < 4.78 is 11.1. The number of fused-ring (bicyclic) bond motifs is 1. The molecule has 0 aromatic heterocycles. The van der Waals surface area contributed by atoms with Gasteiger partial charge in [0.25, 0.3) is 0 Å². The molecule has 18 heavy (non-hydrogen) atoms. The minimum absolute atomic E-state index is 0.214. The lowest BCUT2D eigenvalue weighted by molar-refractivity contribution is 0.0980. The van der Waals surface area contributed by atoms with E-state index in [1.807, 2.05) is 6.07 Å². The first-order valence-electron chi connectivity index (χ1n) is 6.90. The van der Waals surface area contributed by atoms with E-state index < -0.39 is 0 Å². The second-order valence-corrected chi connectivity index (χ2v) is 4.82. The Morgan fingerprint density at radius 1 is 1.28 bits per heavy atom. The molecule has 2 rings (SSSR count). The summed E-state index contributed by atoms with van der Waals surface area (Å²) in [6.45, 7) is 4.28. The summed E-state index contributed by atoms with van der Waals surface area (Å²) in [5.41, 5.74) is 8.62. The highest BCUT2D eigenvalue weighted by Crippen LogP contribution is 2.31. The van der Waals surface area contributed by atoms with E-state index in [-0.39, 0.29) is 6.04 Å². The zero-order chi connectivity index (χ0) is 12.8. The van der Waals surface area contributed by atoms with Crippen molar-refractivity contribution in [3.8, 4) is 5.75 Å². The maximum atomic E-state index is 6.00. The Labute approximate surface area is 109 Å². The zero-order valence-electron chi connectivity index (χ0n) is 11.2. The van der Waals surface area contributed by atoms with Gasteiger partial charge in [0.2, 0.25) is 0 Å². The van der Waals surface area contributed by atoms with Crippen LogP contribution in [0, 0.1) is 0 Å². The lowest BCUT2D eigenvalue weighted by atomic mass is 10.1. The highest BCUT2D eigenvalue weighted by Gasteiger charge is 2.18. The molecule has 0 unspecified atom stereocenters. The van der Waals surface area contributed by atoms with Crippen molar-refractivity contribution in [1.82, 2.24) is 0 Å². The van der Waals surface area contributed by atoms with Gasteiger partial charge in [-0.25, -0.2) is 0 Å². The Morgan fingerprint density at radius 3 is 3.00 bits per heavy atom. The van der Waals surface area contributed by atoms with Crippen molar-refractivity contribution in [1.29, 1.82) is 0 Å². The van der Waals surface area contributed by atoms with E-state index in [4.69, 9.17) is 15.2 Å². The number of nitrogens with two attached hydrogens (primary N) is 1. The third kappa shape index (κ3) is 3.47. The molecule has 1 aliphatic rings. The summed E-state index contributed by atoms with van der Waals surface area (Å²) in [7, 11) is 0. The normalized spacial score (nSPS) is 17.8. The van der Waals surface area contributed by atoms with Gasteiger partial charge in [0, 0.05) is 12.6 Å². The molecule has 1 atom stereocenters. The number of ether oxygens (including phenoxy) is 2. The van der Waals surface area contributed by atoms with E-state index in [0.717, 1.165) is 31.6 Å². The average Bonchev–Trinajstić information content (AvgIpc) is 2.75. The molecule has 0 bridgehead atoms. The Kier molecular flexibility index (Phi) is 5.02. The van der Waals surface area contributed by atoms with Crippen LogP contribution in [0.25, 0.3) is 0 Å². The monoisotopic (exact) mass is 249 g/mol.